The molecule has 8 heteroatoms. The lowest BCUT2D eigenvalue weighted by atomic mass is 9.87. The summed E-state index contributed by atoms with van der Waals surface area (Å²) in [6.45, 7) is 1.51. The second-order valence-electron chi connectivity index (χ2n) is 6.40. The van der Waals surface area contributed by atoms with Crippen LogP contribution in [0, 0.1) is 5.92 Å². The SMILES string of the molecule is C[C@@H](OC(=O)CC1CCCCC1)C(=O)Nc1ccc(S(N)(=O)=O)cc1. The zero-order valence-electron chi connectivity index (χ0n) is 14.2. The molecular formula is C17H24N2O5S. The number of benzene rings is 1. The molecule has 2 rings (SSSR count). The third kappa shape index (κ3) is 6.13. The average Bonchev–Trinajstić information content (AvgIpc) is 2.55. The Morgan fingerprint density at radius 1 is 1.20 bits per heavy atom. The van der Waals surface area contributed by atoms with Crippen LogP contribution in [0.25, 0.3) is 0 Å². The minimum atomic E-state index is -3.78. The van der Waals surface area contributed by atoms with Crippen LogP contribution in [0.15, 0.2) is 29.2 Å². The summed E-state index contributed by atoms with van der Waals surface area (Å²) in [6, 6.07) is 5.44. The van der Waals surface area contributed by atoms with E-state index in [-0.39, 0.29) is 10.9 Å². The van der Waals surface area contributed by atoms with Gasteiger partial charge in [-0.05, 0) is 49.9 Å². The van der Waals surface area contributed by atoms with E-state index in [1.807, 2.05) is 0 Å². The number of primary sulfonamides is 1. The van der Waals surface area contributed by atoms with Gasteiger partial charge in [0.05, 0.1) is 4.90 Å². The molecule has 3 N–H and O–H groups in total. The summed E-state index contributed by atoms with van der Waals surface area (Å²) in [5.74, 6) is -0.484. The molecule has 0 radical (unpaired) electrons. The number of sulfonamides is 1. The van der Waals surface area contributed by atoms with E-state index in [0.717, 1.165) is 25.7 Å². The highest BCUT2D eigenvalue weighted by molar-refractivity contribution is 7.89. The van der Waals surface area contributed by atoms with Crippen molar-refractivity contribution in [2.75, 3.05) is 5.32 Å². The van der Waals surface area contributed by atoms with Gasteiger partial charge < -0.3 is 10.1 Å². The predicted octanol–water partition coefficient (Wildman–Crippen LogP) is 2.17. The summed E-state index contributed by atoms with van der Waals surface area (Å²) in [5.41, 5.74) is 0.396. The summed E-state index contributed by atoms with van der Waals surface area (Å²) in [5, 5.41) is 7.59. The highest BCUT2D eigenvalue weighted by Crippen LogP contribution is 2.26. The van der Waals surface area contributed by atoms with Crippen molar-refractivity contribution >= 4 is 27.6 Å². The lowest BCUT2D eigenvalue weighted by Crippen LogP contribution is -2.30. The number of carbonyl (C=O) groups is 2. The topological polar surface area (TPSA) is 116 Å². The van der Waals surface area contributed by atoms with Crippen molar-refractivity contribution in [3.05, 3.63) is 24.3 Å². The first kappa shape index (κ1) is 19.4. The standard InChI is InChI=1S/C17H24N2O5S/c1-12(24-16(20)11-13-5-3-2-4-6-13)17(21)19-14-7-9-15(10-8-14)25(18,22)23/h7-10,12-13H,2-6,11H2,1H3,(H,19,21)(H2,18,22,23)/t12-/m1/s1. The summed E-state index contributed by atoms with van der Waals surface area (Å²) in [7, 11) is -3.78. The highest BCUT2D eigenvalue weighted by Gasteiger charge is 2.22. The number of rotatable bonds is 6. The monoisotopic (exact) mass is 368 g/mol. The van der Waals surface area contributed by atoms with Gasteiger partial charge in [-0.2, -0.15) is 0 Å². The molecule has 0 saturated heterocycles. The molecule has 0 aliphatic heterocycles. The molecule has 1 atom stereocenters. The molecule has 0 spiro atoms. The Morgan fingerprint density at radius 3 is 2.36 bits per heavy atom. The number of ether oxygens (including phenoxy) is 1. The molecule has 25 heavy (non-hydrogen) atoms. The Bertz CT molecular complexity index is 709. The van der Waals surface area contributed by atoms with Crippen LogP contribution < -0.4 is 10.5 Å². The van der Waals surface area contributed by atoms with Crippen molar-refractivity contribution in [1.82, 2.24) is 0 Å². The zero-order valence-corrected chi connectivity index (χ0v) is 15.1. The minimum absolute atomic E-state index is 0.0440. The number of hydrogen-bond donors (Lipinski definition) is 2. The molecule has 1 aliphatic rings. The van der Waals surface area contributed by atoms with Crippen molar-refractivity contribution in [3.8, 4) is 0 Å². The van der Waals surface area contributed by atoms with Crippen LogP contribution in [0.3, 0.4) is 0 Å². The molecule has 7 nitrogen and oxygen atoms in total. The summed E-state index contributed by atoms with van der Waals surface area (Å²) in [4.78, 5) is 24.0. The van der Waals surface area contributed by atoms with E-state index < -0.39 is 22.0 Å². The van der Waals surface area contributed by atoms with Gasteiger partial charge in [0.25, 0.3) is 5.91 Å². The Balaban J connectivity index is 1.84. The Kier molecular flexibility index (Phi) is 6.55. The van der Waals surface area contributed by atoms with Crippen molar-refractivity contribution in [2.45, 2.75) is 56.4 Å². The fourth-order valence-corrected chi connectivity index (χ4v) is 3.41. The number of nitrogens with two attached hydrogens (primary N) is 1. The lowest BCUT2D eigenvalue weighted by Gasteiger charge is -2.21. The highest BCUT2D eigenvalue weighted by atomic mass is 32.2. The van der Waals surface area contributed by atoms with Gasteiger partial charge in [-0.25, -0.2) is 13.6 Å². The van der Waals surface area contributed by atoms with Gasteiger partial charge in [-0.1, -0.05) is 19.3 Å². The van der Waals surface area contributed by atoms with Gasteiger partial charge in [0.1, 0.15) is 0 Å². The van der Waals surface area contributed by atoms with Crippen LogP contribution >= 0.6 is 0 Å². The predicted molar refractivity (Wildman–Crippen MR) is 93.2 cm³/mol. The molecule has 1 aromatic carbocycles. The fourth-order valence-electron chi connectivity index (χ4n) is 2.90. The van der Waals surface area contributed by atoms with Crippen molar-refractivity contribution in [2.24, 2.45) is 11.1 Å². The van der Waals surface area contributed by atoms with Crippen LogP contribution in [0.4, 0.5) is 5.69 Å². The minimum Gasteiger partial charge on any atom is -0.453 e. The Labute approximate surface area is 148 Å². The van der Waals surface area contributed by atoms with E-state index >= 15 is 0 Å². The van der Waals surface area contributed by atoms with Gasteiger partial charge in [0.15, 0.2) is 6.10 Å². The van der Waals surface area contributed by atoms with Crippen LogP contribution in [-0.4, -0.2) is 26.4 Å². The Hall–Kier alpha value is -1.93. The van der Waals surface area contributed by atoms with Crippen LogP contribution in [0.1, 0.15) is 45.4 Å². The molecule has 0 bridgehead atoms. The molecule has 1 fully saturated rings. The molecule has 1 amide bonds. The van der Waals surface area contributed by atoms with E-state index in [1.165, 1.54) is 37.6 Å². The number of hydrogen-bond acceptors (Lipinski definition) is 5. The average molecular weight is 368 g/mol. The first-order valence-corrected chi connectivity index (χ1v) is 9.93. The van der Waals surface area contributed by atoms with Gasteiger partial charge in [-0.3, -0.25) is 9.59 Å². The number of esters is 1. The molecular weight excluding hydrogens is 344 g/mol. The van der Waals surface area contributed by atoms with E-state index in [0.29, 0.717) is 18.0 Å². The zero-order chi connectivity index (χ0) is 18.4. The normalized spacial score (nSPS) is 16.9. The van der Waals surface area contributed by atoms with Crippen molar-refractivity contribution in [1.29, 1.82) is 0 Å². The van der Waals surface area contributed by atoms with Crippen molar-refractivity contribution < 1.29 is 22.7 Å². The van der Waals surface area contributed by atoms with E-state index in [4.69, 9.17) is 9.88 Å². The van der Waals surface area contributed by atoms with E-state index in [9.17, 15) is 18.0 Å². The maximum atomic E-state index is 12.1. The summed E-state index contributed by atoms with van der Waals surface area (Å²) >= 11 is 0. The third-order valence-electron chi connectivity index (χ3n) is 4.31. The van der Waals surface area contributed by atoms with Gasteiger partial charge in [0.2, 0.25) is 10.0 Å². The Morgan fingerprint density at radius 2 is 1.80 bits per heavy atom. The van der Waals surface area contributed by atoms with Crippen LogP contribution in [0.5, 0.6) is 0 Å². The second kappa shape index (κ2) is 8.44. The maximum Gasteiger partial charge on any atom is 0.306 e. The largest absolute Gasteiger partial charge is 0.453 e. The number of nitrogens with one attached hydrogen (secondary N) is 1. The van der Waals surface area contributed by atoms with Crippen LogP contribution in [-0.2, 0) is 24.3 Å². The lowest BCUT2D eigenvalue weighted by molar-refractivity contribution is -0.154. The number of amides is 1. The van der Waals surface area contributed by atoms with Gasteiger partial charge in [-0.15, -0.1) is 0 Å². The smallest absolute Gasteiger partial charge is 0.306 e. The first-order valence-electron chi connectivity index (χ1n) is 8.39. The van der Waals surface area contributed by atoms with E-state index in [1.54, 1.807) is 0 Å². The summed E-state index contributed by atoms with van der Waals surface area (Å²) < 4.78 is 27.6. The molecule has 1 saturated carbocycles. The number of anilines is 1. The molecule has 0 unspecified atom stereocenters. The second-order valence-corrected chi connectivity index (χ2v) is 7.96. The molecule has 138 valence electrons. The fraction of sp³-hybridized carbons (Fsp3) is 0.529. The first-order chi connectivity index (χ1) is 11.8. The van der Waals surface area contributed by atoms with Crippen molar-refractivity contribution in [3.63, 3.8) is 0 Å². The third-order valence-corrected chi connectivity index (χ3v) is 5.24. The molecule has 1 aromatic rings. The number of carbonyl (C=O) groups excluding carboxylic acids is 2. The quantitative estimate of drug-likeness (QED) is 0.747. The molecule has 1 aliphatic carbocycles. The van der Waals surface area contributed by atoms with Gasteiger partial charge in [0, 0.05) is 12.1 Å². The molecule has 0 aromatic heterocycles. The molecule has 0 heterocycles. The van der Waals surface area contributed by atoms with Gasteiger partial charge >= 0.3 is 5.97 Å². The van der Waals surface area contributed by atoms with E-state index in [2.05, 4.69) is 5.32 Å². The summed E-state index contributed by atoms with van der Waals surface area (Å²) in [6.07, 6.45) is 4.99. The maximum absolute atomic E-state index is 12.1. The van der Waals surface area contributed by atoms with Crippen LogP contribution in [0.2, 0.25) is 0 Å².